The highest BCUT2D eigenvalue weighted by molar-refractivity contribution is 5.83. The van der Waals surface area contributed by atoms with Crippen molar-refractivity contribution in [3.8, 4) is 11.1 Å². The van der Waals surface area contributed by atoms with E-state index in [0.717, 1.165) is 5.69 Å². The number of benzene rings is 3. The predicted octanol–water partition coefficient (Wildman–Crippen LogP) is 9.95. The third-order valence-electron chi connectivity index (χ3n) is 7.52. The van der Waals surface area contributed by atoms with Crippen molar-refractivity contribution < 1.29 is 0 Å². The van der Waals surface area contributed by atoms with E-state index >= 15 is 0 Å². The van der Waals surface area contributed by atoms with Gasteiger partial charge in [-0.25, -0.2) is 0 Å². The molecule has 0 aromatic heterocycles. The lowest BCUT2D eigenvalue weighted by Crippen LogP contribution is -2.25. The molecule has 33 heavy (non-hydrogen) atoms. The first kappa shape index (κ1) is 23.6. The predicted molar refractivity (Wildman–Crippen MR) is 145 cm³/mol. The summed E-state index contributed by atoms with van der Waals surface area (Å²) in [5, 5.41) is 3.68. The molecule has 1 aliphatic rings. The molecular formula is C32H41N. The number of fused-ring (bicyclic) bond motifs is 3. The highest BCUT2D eigenvalue weighted by Gasteiger charge is 2.42. The summed E-state index contributed by atoms with van der Waals surface area (Å²) in [5.41, 5.74) is 9.84. The minimum Gasteiger partial charge on any atom is -0.356 e. The van der Waals surface area contributed by atoms with Gasteiger partial charge in [0.05, 0.1) is 0 Å². The molecule has 3 aromatic rings. The van der Waals surface area contributed by atoms with E-state index in [1.807, 2.05) is 0 Å². The maximum atomic E-state index is 3.68. The number of rotatable bonds is 12. The van der Waals surface area contributed by atoms with Crippen molar-refractivity contribution in [1.29, 1.82) is 0 Å². The molecule has 0 amide bonds. The quantitative estimate of drug-likeness (QED) is 0.277. The van der Waals surface area contributed by atoms with Crippen molar-refractivity contribution in [2.75, 3.05) is 5.32 Å². The maximum absolute atomic E-state index is 3.68. The normalized spacial score (nSPS) is 13.5. The van der Waals surface area contributed by atoms with Gasteiger partial charge in [0.15, 0.2) is 0 Å². The van der Waals surface area contributed by atoms with Gasteiger partial charge in [-0.15, -0.1) is 0 Å². The standard InChI is InChI=1S/C32H41N/c1-4-6-8-12-22-32(23-13-9-7-5-2)30-15-11-10-14-28(30)29-21-20-27(24-31(29)32)33-26-18-16-25(3)17-19-26/h10-11,14-21,24,33H,4-9,12-13,22-23H2,1-3H3. The summed E-state index contributed by atoms with van der Waals surface area (Å²) in [6.45, 7) is 6.76. The molecule has 0 saturated carbocycles. The van der Waals surface area contributed by atoms with Crippen molar-refractivity contribution >= 4 is 11.4 Å². The molecule has 0 spiro atoms. The SMILES string of the molecule is CCCCCCC1(CCCCCC)c2ccccc2-c2ccc(Nc3ccc(C)cc3)cc21. The first-order valence-corrected chi connectivity index (χ1v) is 13.3. The first-order valence-electron chi connectivity index (χ1n) is 13.3. The third kappa shape index (κ3) is 5.18. The Hall–Kier alpha value is -2.54. The third-order valence-corrected chi connectivity index (χ3v) is 7.52. The Morgan fingerprint density at radius 2 is 1.21 bits per heavy atom. The zero-order valence-electron chi connectivity index (χ0n) is 20.9. The molecule has 1 heteroatoms. The van der Waals surface area contributed by atoms with Gasteiger partial charge in [0, 0.05) is 16.8 Å². The van der Waals surface area contributed by atoms with Crippen LogP contribution in [0, 0.1) is 6.92 Å². The zero-order valence-corrected chi connectivity index (χ0v) is 20.9. The summed E-state index contributed by atoms with van der Waals surface area (Å²) in [6, 6.07) is 25.0. The fraction of sp³-hybridized carbons (Fsp3) is 0.438. The Labute approximate surface area is 201 Å². The Balaban J connectivity index is 1.71. The smallest absolute Gasteiger partial charge is 0.0387 e. The average molecular weight is 440 g/mol. The van der Waals surface area contributed by atoms with Crippen molar-refractivity contribution in [3.63, 3.8) is 0 Å². The molecule has 0 unspecified atom stereocenters. The highest BCUT2D eigenvalue weighted by atomic mass is 14.9. The second kappa shape index (κ2) is 11.1. The van der Waals surface area contributed by atoms with Crippen LogP contribution in [0.5, 0.6) is 0 Å². The molecule has 1 aliphatic carbocycles. The summed E-state index contributed by atoms with van der Waals surface area (Å²) < 4.78 is 0. The van der Waals surface area contributed by atoms with E-state index in [-0.39, 0.29) is 5.41 Å². The van der Waals surface area contributed by atoms with E-state index in [1.165, 1.54) is 86.6 Å². The molecule has 0 bridgehead atoms. The largest absolute Gasteiger partial charge is 0.356 e. The molecule has 4 rings (SSSR count). The van der Waals surface area contributed by atoms with Gasteiger partial charge >= 0.3 is 0 Å². The number of hydrogen-bond donors (Lipinski definition) is 1. The summed E-state index contributed by atoms with van der Waals surface area (Å²) in [7, 11) is 0. The van der Waals surface area contributed by atoms with Gasteiger partial charge in [0.25, 0.3) is 0 Å². The molecule has 0 aliphatic heterocycles. The summed E-state index contributed by atoms with van der Waals surface area (Å²) >= 11 is 0. The number of hydrogen-bond acceptors (Lipinski definition) is 1. The summed E-state index contributed by atoms with van der Waals surface area (Å²) in [5.74, 6) is 0. The van der Waals surface area contributed by atoms with Crippen molar-refractivity contribution in [2.24, 2.45) is 0 Å². The molecular weight excluding hydrogens is 398 g/mol. The second-order valence-electron chi connectivity index (χ2n) is 10.0. The van der Waals surface area contributed by atoms with E-state index in [1.54, 1.807) is 11.1 Å². The molecule has 3 aromatic carbocycles. The lowest BCUT2D eigenvalue weighted by atomic mass is 9.70. The van der Waals surface area contributed by atoms with Crippen LogP contribution < -0.4 is 5.32 Å². The van der Waals surface area contributed by atoms with Crippen molar-refractivity contribution in [2.45, 2.75) is 90.4 Å². The fourth-order valence-corrected chi connectivity index (χ4v) is 5.71. The van der Waals surface area contributed by atoms with Crippen LogP contribution in [0.3, 0.4) is 0 Å². The van der Waals surface area contributed by atoms with Crippen LogP contribution >= 0.6 is 0 Å². The van der Waals surface area contributed by atoms with E-state index < -0.39 is 0 Å². The van der Waals surface area contributed by atoms with Crippen LogP contribution in [0.1, 0.15) is 94.7 Å². The van der Waals surface area contributed by atoms with E-state index in [9.17, 15) is 0 Å². The van der Waals surface area contributed by atoms with E-state index in [0.29, 0.717) is 0 Å². The van der Waals surface area contributed by atoms with E-state index in [2.05, 4.69) is 92.8 Å². The Morgan fingerprint density at radius 3 is 1.88 bits per heavy atom. The van der Waals surface area contributed by atoms with E-state index in [4.69, 9.17) is 0 Å². The number of aryl methyl sites for hydroxylation is 1. The Bertz CT molecular complexity index is 1020. The first-order chi connectivity index (χ1) is 16.2. The highest BCUT2D eigenvalue weighted by Crippen LogP contribution is 2.54. The summed E-state index contributed by atoms with van der Waals surface area (Å²) in [6.07, 6.45) is 13.1. The minimum absolute atomic E-state index is 0.151. The molecule has 0 atom stereocenters. The molecule has 0 saturated heterocycles. The molecule has 1 N–H and O–H groups in total. The van der Waals surface area contributed by atoms with Crippen LogP contribution in [-0.4, -0.2) is 0 Å². The number of nitrogens with one attached hydrogen (secondary N) is 1. The topological polar surface area (TPSA) is 12.0 Å². The molecule has 0 radical (unpaired) electrons. The van der Waals surface area contributed by atoms with Gasteiger partial charge in [0.1, 0.15) is 0 Å². The van der Waals surface area contributed by atoms with Crippen molar-refractivity contribution in [3.05, 3.63) is 83.4 Å². The van der Waals surface area contributed by atoms with Crippen molar-refractivity contribution in [1.82, 2.24) is 0 Å². The van der Waals surface area contributed by atoms with Crippen LogP contribution in [0.15, 0.2) is 66.7 Å². The lowest BCUT2D eigenvalue weighted by Gasteiger charge is -2.33. The van der Waals surface area contributed by atoms with Gasteiger partial charge in [-0.3, -0.25) is 0 Å². The summed E-state index contributed by atoms with van der Waals surface area (Å²) in [4.78, 5) is 0. The fourth-order valence-electron chi connectivity index (χ4n) is 5.71. The van der Waals surface area contributed by atoms with Gasteiger partial charge in [-0.05, 0) is 66.3 Å². The molecule has 174 valence electrons. The maximum Gasteiger partial charge on any atom is 0.0387 e. The minimum atomic E-state index is 0.151. The molecule has 0 heterocycles. The van der Waals surface area contributed by atoms with Crippen LogP contribution in [0.4, 0.5) is 11.4 Å². The number of unbranched alkanes of at least 4 members (excludes halogenated alkanes) is 6. The number of anilines is 2. The van der Waals surface area contributed by atoms with Gasteiger partial charge in [-0.2, -0.15) is 0 Å². The lowest BCUT2D eigenvalue weighted by molar-refractivity contribution is 0.401. The Morgan fingerprint density at radius 1 is 0.606 bits per heavy atom. The Kier molecular flexibility index (Phi) is 7.91. The monoisotopic (exact) mass is 439 g/mol. The molecule has 0 fully saturated rings. The van der Waals surface area contributed by atoms with Crippen LogP contribution in [-0.2, 0) is 5.41 Å². The van der Waals surface area contributed by atoms with Gasteiger partial charge in [-0.1, -0.05) is 113 Å². The van der Waals surface area contributed by atoms with Gasteiger partial charge in [0.2, 0.25) is 0 Å². The van der Waals surface area contributed by atoms with Gasteiger partial charge < -0.3 is 5.32 Å². The zero-order chi connectivity index (χ0) is 23.1. The molecule has 1 nitrogen and oxygen atoms in total. The van der Waals surface area contributed by atoms with Crippen LogP contribution in [0.2, 0.25) is 0 Å². The second-order valence-corrected chi connectivity index (χ2v) is 10.0. The van der Waals surface area contributed by atoms with Crippen LogP contribution in [0.25, 0.3) is 11.1 Å². The average Bonchev–Trinajstić information content (AvgIpc) is 3.11.